The summed E-state index contributed by atoms with van der Waals surface area (Å²) >= 11 is 0. The maximum atomic E-state index is 12.7. The molecule has 144 valence electrons. The van der Waals surface area contributed by atoms with Gasteiger partial charge in [-0.2, -0.15) is 5.10 Å². The van der Waals surface area contributed by atoms with Crippen LogP contribution in [0.5, 0.6) is 0 Å². The van der Waals surface area contributed by atoms with Crippen LogP contribution in [0.25, 0.3) is 5.82 Å². The van der Waals surface area contributed by atoms with Crippen molar-refractivity contribution in [2.75, 3.05) is 23.3 Å². The van der Waals surface area contributed by atoms with Crippen LogP contribution < -0.4 is 10.2 Å². The Morgan fingerprint density at radius 2 is 2.07 bits per heavy atom. The highest BCUT2D eigenvalue weighted by Gasteiger charge is 2.27. The van der Waals surface area contributed by atoms with E-state index in [9.17, 15) is 4.79 Å². The summed E-state index contributed by atoms with van der Waals surface area (Å²) in [6, 6.07) is 7.60. The van der Waals surface area contributed by atoms with Gasteiger partial charge in [0.1, 0.15) is 12.1 Å². The minimum Gasteiger partial charge on any atom is -0.356 e. The van der Waals surface area contributed by atoms with Gasteiger partial charge in [-0.1, -0.05) is 0 Å². The van der Waals surface area contributed by atoms with Crippen LogP contribution in [0.4, 0.5) is 11.5 Å². The fourth-order valence-corrected chi connectivity index (χ4v) is 3.57. The number of anilines is 2. The molecule has 4 rings (SSSR count). The first-order valence-corrected chi connectivity index (χ1v) is 9.41. The third-order valence-electron chi connectivity index (χ3n) is 4.91. The van der Waals surface area contributed by atoms with Gasteiger partial charge in [0.2, 0.25) is 5.91 Å². The Morgan fingerprint density at radius 3 is 2.82 bits per heavy atom. The molecule has 1 N–H and O–H groups in total. The van der Waals surface area contributed by atoms with Crippen molar-refractivity contribution in [2.24, 2.45) is 5.92 Å². The lowest BCUT2D eigenvalue weighted by atomic mass is 9.97. The van der Waals surface area contributed by atoms with Gasteiger partial charge < -0.3 is 10.2 Å². The molecule has 0 aliphatic carbocycles. The number of piperidine rings is 1. The minimum absolute atomic E-state index is 0.0190. The minimum atomic E-state index is -0.0962. The zero-order valence-electron chi connectivity index (χ0n) is 16.0. The van der Waals surface area contributed by atoms with Crippen molar-refractivity contribution in [2.45, 2.75) is 26.7 Å². The van der Waals surface area contributed by atoms with Gasteiger partial charge in [0.15, 0.2) is 5.82 Å². The molecule has 0 saturated carbocycles. The summed E-state index contributed by atoms with van der Waals surface area (Å²) in [7, 11) is 0. The molecule has 0 bridgehead atoms. The summed E-state index contributed by atoms with van der Waals surface area (Å²) in [6.07, 6.45) is 6.69. The van der Waals surface area contributed by atoms with E-state index in [0.29, 0.717) is 6.54 Å². The number of rotatable bonds is 4. The Bertz CT molecular complexity index is 970. The van der Waals surface area contributed by atoms with Gasteiger partial charge in [-0.3, -0.25) is 9.78 Å². The van der Waals surface area contributed by atoms with Gasteiger partial charge in [0, 0.05) is 31.0 Å². The molecule has 8 heteroatoms. The number of carbonyl (C=O) groups excluding carboxylic acids is 1. The number of hydrogen-bond donors (Lipinski definition) is 1. The normalized spacial score (nSPS) is 16.8. The van der Waals surface area contributed by atoms with E-state index in [1.54, 1.807) is 18.7 Å². The third kappa shape index (κ3) is 3.85. The Morgan fingerprint density at radius 1 is 1.21 bits per heavy atom. The largest absolute Gasteiger partial charge is 0.356 e. The van der Waals surface area contributed by atoms with Crippen LogP contribution in [-0.4, -0.2) is 43.7 Å². The maximum Gasteiger partial charge on any atom is 0.229 e. The van der Waals surface area contributed by atoms with Gasteiger partial charge in [0.05, 0.1) is 23.5 Å². The molecule has 1 amide bonds. The number of pyridine rings is 1. The lowest BCUT2D eigenvalue weighted by molar-refractivity contribution is -0.120. The molecule has 1 atom stereocenters. The highest BCUT2D eigenvalue weighted by Crippen LogP contribution is 2.24. The average molecular weight is 377 g/mol. The number of carbonyl (C=O) groups is 1. The van der Waals surface area contributed by atoms with E-state index < -0.39 is 0 Å². The van der Waals surface area contributed by atoms with Crippen molar-refractivity contribution in [1.29, 1.82) is 0 Å². The van der Waals surface area contributed by atoms with Crippen LogP contribution in [0.3, 0.4) is 0 Å². The number of nitrogens with one attached hydrogen (secondary N) is 1. The van der Waals surface area contributed by atoms with Crippen LogP contribution >= 0.6 is 0 Å². The SMILES string of the molecule is Cc1cc(C)n(-c2cc(N3CCCC(C(=O)Nc4cccnc4)C3)ncn2)n1. The van der Waals surface area contributed by atoms with E-state index >= 15 is 0 Å². The molecule has 0 aromatic carbocycles. The van der Waals surface area contributed by atoms with Crippen LogP contribution in [0.1, 0.15) is 24.2 Å². The molecular formula is C20H23N7O. The van der Waals surface area contributed by atoms with E-state index in [1.807, 2.05) is 42.8 Å². The maximum absolute atomic E-state index is 12.7. The van der Waals surface area contributed by atoms with Gasteiger partial charge in [0.25, 0.3) is 0 Å². The van der Waals surface area contributed by atoms with Crippen molar-refractivity contribution in [3.8, 4) is 5.82 Å². The van der Waals surface area contributed by atoms with Crippen molar-refractivity contribution >= 4 is 17.4 Å². The summed E-state index contributed by atoms with van der Waals surface area (Å²) in [6.45, 7) is 5.45. The smallest absolute Gasteiger partial charge is 0.229 e. The Labute approximate surface area is 163 Å². The van der Waals surface area contributed by atoms with Crippen LogP contribution in [0, 0.1) is 19.8 Å². The molecule has 0 radical (unpaired) electrons. The predicted octanol–water partition coefficient (Wildman–Crippen LogP) is 2.53. The molecule has 1 aliphatic rings. The topological polar surface area (TPSA) is 88.8 Å². The number of aromatic nitrogens is 5. The fraction of sp³-hybridized carbons (Fsp3) is 0.350. The third-order valence-corrected chi connectivity index (χ3v) is 4.91. The first kappa shape index (κ1) is 18.1. The Hall–Kier alpha value is -3.29. The predicted molar refractivity (Wildman–Crippen MR) is 106 cm³/mol. The summed E-state index contributed by atoms with van der Waals surface area (Å²) in [4.78, 5) is 27.7. The second-order valence-corrected chi connectivity index (χ2v) is 7.09. The summed E-state index contributed by atoms with van der Waals surface area (Å²) in [5.74, 6) is 1.47. The first-order valence-electron chi connectivity index (χ1n) is 9.41. The van der Waals surface area contributed by atoms with E-state index in [1.165, 1.54) is 0 Å². The molecule has 8 nitrogen and oxygen atoms in total. The van der Waals surface area contributed by atoms with Gasteiger partial charge >= 0.3 is 0 Å². The van der Waals surface area contributed by atoms with Crippen LogP contribution in [0.15, 0.2) is 43.0 Å². The zero-order valence-corrected chi connectivity index (χ0v) is 16.0. The molecule has 1 unspecified atom stereocenters. The molecule has 1 fully saturated rings. The van der Waals surface area contributed by atoms with E-state index in [0.717, 1.165) is 48.1 Å². The number of amides is 1. The van der Waals surface area contributed by atoms with Crippen molar-refractivity contribution in [3.05, 3.63) is 54.4 Å². The summed E-state index contributed by atoms with van der Waals surface area (Å²) < 4.78 is 1.82. The average Bonchev–Trinajstić information content (AvgIpc) is 3.07. The van der Waals surface area contributed by atoms with Gasteiger partial charge in [-0.25, -0.2) is 14.6 Å². The monoisotopic (exact) mass is 377 g/mol. The van der Waals surface area contributed by atoms with Crippen LogP contribution in [-0.2, 0) is 4.79 Å². The second-order valence-electron chi connectivity index (χ2n) is 7.09. The molecule has 4 heterocycles. The van der Waals surface area contributed by atoms with E-state index in [-0.39, 0.29) is 11.8 Å². The highest BCUT2D eigenvalue weighted by molar-refractivity contribution is 5.92. The summed E-state index contributed by atoms with van der Waals surface area (Å²) in [5, 5.41) is 7.45. The molecule has 1 aliphatic heterocycles. The van der Waals surface area contributed by atoms with E-state index in [2.05, 4.69) is 30.3 Å². The number of aryl methyl sites for hydroxylation is 2. The number of nitrogens with zero attached hydrogens (tertiary/aromatic N) is 6. The van der Waals surface area contributed by atoms with Crippen molar-refractivity contribution < 1.29 is 4.79 Å². The fourth-order valence-electron chi connectivity index (χ4n) is 3.57. The molecule has 3 aromatic rings. The van der Waals surface area contributed by atoms with E-state index in [4.69, 9.17) is 0 Å². The van der Waals surface area contributed by atoms with Gasteiger partial charge in [-0.15, -0.1) is 0 Å². The Kier molecular flexibility index (Phi) is 5.01. The quantitative estimate of drug-likeness (QED) is 0.752. The van der Waals surface area contributed by atoms with Crippen LogP contribution in [0.2, 0.25) is 0 Å². The standard InChI is InChI=1S/C20H23N7O/c1-14-9-15(2)27(25-14)19-10-18(22-13-23-19)26-8-4-5-16(12-26)20(28)24-17-6-3-7-21-11-17/h3,6-7,9-11,13,16H,4-5,8,12H2,1-2H3,(H,24,28). The number of hydrogen-bond acceptors (Lipinski definition) is 6. The Balaban J connectivity index is 1.49. The lowest BCUT2D eigenvalue weighted by Gasteiger charge is -2.32. The molecule has 3 aromatic heterocycles. The first-order chi connectivity index (χ1) is 13.6. The van der Waals surface area contributed by atoms with Crippen molar-refractivity contribution in [3.63, 3.8) is 0 Å². The second kappa shape index (κ2) is 7.75. The highest BCUT2D eigenvalue weighted by atomic mass is 16.1. The molecule has 1 saturated heterocycles. The molecule has 28 heavy (non-hydrogen) atoms. The molecular weight excluding hydrogens is 354 g/mol. The van der Waals surface area contributed by atoms with Crippen molar-refractivity contribution in [1.82, 2.24) is 24.7 Å². The lowest BCUT2D eigenvalue weighted by Crippen LogP contribution is -2.41. The van der Waals surface area contributed by atoms with Gasteiger partial charge in [-0.05, 0) is 44.9 Å². The summed E-state index contributed by atoms with van der Waals surface area (Å²) in [5.41, 5.74) is 2.69. The molecule has 0 spiro atoms. The zero-order chi connectivity index (χ0) is 19.5.